The Hall–Kier alpha value is -1.75. The largest absolute Gasteiger partial charge is 0.496 e. The highest BCUT2D eigenvalue weighted by Crippen LogP contribution is 2.24. The van der Waals surface area contributed by atoms with Crippen molar-refractivity contribution in [3.63, 3.8) is 0 Å². The van der Waals surface area contributed by atoms with Crippen LogP contribution in [0.2, 0.25) is 0 Å². The lowest BCUT2D eigenvalue weighted by atomic mass is 10.1. The van der Waals surface area contributed by atoms with E-state index in [9.17, 15) is 4.79 Å². The molecule has 1 heterocycles. The SMILES string of the molecule is COc1cc(N)ccc1C(=O)N1CCOC[C@H]1C. The number of hydrogen-bond acceptors (Lipinski definition) is 4. The van der Waals surface area contributed by atoms with Gasteiger partial charge in [0.05, 0.1) is 31.9 Å². The highest BCUT2D eigenvalue weighted by atomic mass is 16.5. The van der Waals surface area contributed by atoms with E-state index in [0.29, 0.717) is 36.8 Å². The van der Waals surface area contributed by atoms with Crippen LogP contribution in [-0.4, -0.2) is 43.7 Å². The van der Waals surface area contributed by atoms with Gasteiger partial charge in [0.15, 0.2) is 0 Å². The number of nitrogens with two attached hydrogens (primary N) is 1. The molecule has 1 aromatic carbocycles. The van der Waals surface area contributed by atoms with E-state index in [0.717, 1.165) is 0 Å². The van der Waals surface area contributed by atoms with Gasteiger partial charge in [0, 0.05) is 18.3 Å². The van der Waals surface area contributed by atoms with Crippen LogP contribution in [-0.2, 0) is 4.74 Å². The topological polar surface area (TPSA) is 64.8 Å². The first-order valence-corrected chi connectivity index (χ1v) is 5.95. The van der Waals surface area contributed by atoms with Crippen LogP contribution in [0.25, 0.3) is 0 Å². The molecule has 1 aromatic rings. The standard InChI is InChI=1S/C13H18N2O3/c1-9-8-18-6-5-15(9)13(16)11-4-3-10(14)7-12(11)17-2/h3-4,7,9H,5-6,8,14H2,1-2H3/t9-/m1/s1. The van der Waals surface area contributed by atoms with E-state index in [4.69, 9.17) is 15.2 Å². The van der Waals surface area contributed by atoms with E-state index in [1.807, 2.05) is 6.92 Å². The second kappa shape index (κ2) is 5.27. The number of carbonyl (C=O) groups is 1. The van der Waals surface area contributed by atoms with Crippen molar-refractivity contribution in [1.29, 1.82) is 0 Å². The number of hydrogen-bond donors (Lipinski definition) is 1. The first-order chi connectivity index (χ1) is 8.63. The number of carbonyl (C=O) groups excluding carboxylic acids is 1. The first-order valence-electron chi connectivity index (χ1n) is 5.95. The number of rotatable bonds is 2. The minimum atomic E-state index is -0.0392. The van der Waals surface area contributed by atoms with Gasteiger partial charge in [-0.3, -0.25) is 4.79 Å². The lowest BCUT2D eigenvalue weighted by molar-refractivity contribution is 0.00344. The van der Waals surface area contributed by atoms with Gasteiger partial charge < -0.3 is 20.1 Å². The number of methoxy groups -OCH3 is 1. The summed E-state index contributed by atoms with van der Waals surface area (Å²) in [6, 6.07) is 5.16. The van der Waals surface area contributed by atoms with Gasteiger partial charge in [0.2, 0.25) is 0 Å². The molecule has 0 radical (unpaired) electrons. The quantitative estimate of drug-likeness (QED) is 0.799. The van der Waals surface area contributed by atoms with Gasteiger partial charge in [-0.1, -0.05) is 0 Å². The lowest BCUT2D eigenvalue weighted by Crippen LogP contribution is -2.47. The van der Waals surface area contributed by atoms with Gasteiger partial charge in [0.25, 0.3) is 5.91 Å². The monoisotopic (exact) mass is 250 g/mol. The van der Waals surface area contributed by atoms with E-state index >= 15 is 0 Å². The third kappa shape index (κ3) is 2.41. The molecule has 0 aromatic heterocycles. The molecule has 0 bridgehead atoms. The molecule has 0 aliphatic carbocycles. The van der Waals surface area contributed by atoms with Gasteiger partial charge in [-0.15, -0.1) is 0 Å². The molecule has 0 saturated carbocycles. The predicted octanol–water partition coefficient (Wildman–Crippen LogP) is 1.14. The number of nitrogens with zero attached hydrogens (tertiary/aromatic N) is 1. The highest BCUT2D eigenvalue weighted by Gasteiger charge is 2.26. The van der Waals surface area contributed by atoms with Crippen LogP contribution < -0.4 is 10.5 Å². The summed E-state index contributed by atoms with van der Waals surface area (Å²) in [4.78, 5) is 14.3. The fraction of sp³-hybridized carbons (Fsp3) is 0.462. The number of amides is 1. The maximum atomic E-state index is 12.5. The molecule has 2 rings (SSSR count). The Labute approximate surface area is 106 Å². The Kier molecular flexibility index (Phi) is 3.72. The molecule has 1 amide bonds. The van der Waals surface area contributed by atoms with Crippen molar-refractivity contribution < 1.29 is 14.3 Å². The van der Waals surface area contributed by atoms with Crippen molar-refractivity contribution in [2.45, 2.75) is 13.0 Å². The van der Waals surface area contributed by atoms with Crippen LogP contribution in [0.5, 0.6) is 5.75 Å². The molecule has 1 saturated heterocycles. The molecule has 0 unspecified atom stereocenters. The molecule has 1 aliphatic rings. The molecular weight excluding hydrogens is 232 g/mol. The molecule has 0 spiro atoms. The summed E-state index contributed by atoms with van der Waals surface area (Å²) in [5.41, 5.74) is 6.81. The normalized spacial score (nSPS) is 19.7. The zero-order valence-corrected chi connectivity index (χ0v) is 10.7. The number of nitrogen functional groups attached to an aromatic ring is 1. The summed E-state index contributed by atoms with van der Waals surface area (Å²) in [5, 5.41) is 0. The van der Waals surface area contributed by atoms with E-state index in [2.05, 4.69) is 0 Å². The number of morpholine rings is 1. The molecule has 18 heavy (non-hydrogen) atoms. The smallest absolute Gasteiger partial charge is 0.258 e. The van der Waals surface area contributed by atoms with E-state index in [-0.39, 0.29) is 11.9 Å². The van der Waals surface area contributed by atoms with Crippen LogP contribution in [0.4, 0.5) is 5.69 Å². The summed E-state index contributed by atoms with van der Waals surface area (Å²) in [6.07, 6.45) is 0. The van der Waals surface area contributed by atoms with E-state index in [1.165, 1.54) is 7.11 Å². The second-order valence-electron chi connectivity index (χ2n) is 4.38. The Balaban J connectivity index is 2.27. The molecule has 5 nitrogen and oxygen atoms in total. The maximum absolute atomic E-state index is 12.5. The highest BCUT2D eigenvalue weighted by molar-refractivity contribution is 5.97. The summed E-state index contributed by atoms with van der Waals surface area (Å²) < 4.78 is 10.5. The van der Waals surface area contributed by atoms with Crippen LogP contribution >= 0.6 is 0 Å². The first kappa shape index (κ1) is 12.7. The minimum absolute atomic E-state index is 0.0392. The number of benzene rings is 1. The van der Waals surface area contributed by atoms with Crippen LogP contribution in [0, 0.1) is 0 Å². The molecule has 5 heteroatoms. The molecule has 1 fully saturated rings. The fourth-order valence-corrected chi connectivity index (χ4v) is 2.07. The van der Waals surface area contributed by atoms with Crippen molar-refractivity contribution >= 4 is 11.6 Å². The fourth-order valence-electron chi connectivity index (χ4n) is 2.07. The Morgan fingerprint density at radius 2 is 2.33 bits per heavy atom. The van der Waals surface area contributed by atoms with Gasteiger partial charge in [-0.05, 0) is 19.1 Å². The summed E-state index contributed by atoms with van der Waals surface area (Å²) in [6.45, 7) is 3.73. The van der Waals surface area contributed by atoms with Crippen molar-refractivity contribution in [3.8, 4) is 5.75 Å². The summed E-state index contributed by atoms with van der Waals surface area (Å²) in [5.74, 6) is 0.473. The molecule has 2 N–H and O–H groups in total. The van der Waals surface area contributed by atoms with Gasteiger partial charge in [-0.25, -0.2) is 0 Å². The van der Waals surface area contributed by atoms with Gasteiger partial charge in [-0.2, -0.15) is 0 Å². The van der Waals surface area contributed by atoms with E-state index in [1.54, 1.807) is 23.1 Å². The number of ether oxygens (including phenoxy) is 2. The number of anilines is 1. The maximum Gasteiger partial charge on any atom is 0.258 e. The summed E-state index contributed by atoms with van der Waals surface area (Å²) in [7, 11) is 1.54. The predicted molar refractivity (Wildman–Crippen MR) is 68.7 cm³/mol. The van der Waals surface area contributed by atoms with Crippen LogP contribution in [0.15, 0.2) is 18.2 Å². The molecule has 1 atom stereocenters. The zero-order valence-electron chi connectivity index (χ0n) is 10.7. The van der Waals surface area contributed by atoms with Gasteiger partial charge >= 0.3 is 0 Å². The third-order valence-corrected chi connectivity index (χ3v) is 3.08. The van der Waals surface area contributed by atoms with Gasteiger partial charge in [0.1, 0.15) is 5.75 Å². The minimum Gasteiger partial charge on any atom is -0.496 e. The molecule has 1 aliphatic heterocycles. The Morgan fingerprint density at radius 3 is 3.00 bits per heavy atom. The molecular formula is C13H18N2O3. The Bertz CT molecular complexity index is 448. The second-order valence-corrected chi connectivity index (χ2v) is 4.38. The van der Waals surface area contributed by atoms with Crippen LogP contribution in [0.1, 0.15) is 17.3 Å². The van der Waals surface area contributed by atoms with Crippen molar-refractivity contribution in [3.05, 3.63) is 23.8 Å². The average molecular weight is 250 g/mol. The van der Waals surface area contributed by atoms with Crippen molar-refractivity contribution in [2.24, 2.45) is 0 Å². The average Bonchev–Trinajstić information content (AvgIpc) is 2.38. The van der Waals surface area contributed by atoms with Crippen LogP contribution in [0.3, 0.4) is 0 Å². The van der Waals surface area contributed by atoms with E-state index < -0.39 is 0 Å². The Morgan fingerprint density at radius 1 is 1.56 bits per heavy atom. The molecule has 98 valence electrons. The summed E-state index contributed by atoms with van der Waals surface area (Å²) >= 11 is 0. The zero-order chi connectivity index (χ0) is 13.1. The van der Waals surface area contributed by atoms with Crippen molar-refractivity contribution in [2.75, 3.05) is 32.6 Å². The van der Waals surface area contributed by atoms with Crippen molar-refractivity contribution in [1.82, 2.24) is 4.90 Å². The third-order valence-electron chi connectivity index (χ3n) is 3.08. The lowest BCUT2D eigenvalue weighted by Gasteiger charge is -2.33.